The van der Waals surface area contributed by atoms with E-state index < -0.39 is 5.97 Å². The van der Waals surface area contributed by atoms with E-state index in [9.17, 15) is 14.7 Å². The summed E-state index contributed by atoms with van der Waals surface area (Å²) >= 11 is 0. The molecule has 4 heteroatoms. The number of ether oxygens (including phenoxy) is 1. The molecular formula is C25H16O4. The van der Waals surface area contributed by atoms with Gasteiger partial charge in [0.1, 0.15) is 6.61 Å². The van der Waals surface area contributed by atoms with Gasteiger partial charge in [-0.1, -0.05) is 61.2 Å². The van der Waals surface area contributed by atoms with Gasteiger partial charge in [0.05, 0.1) is 11.1 Å². The highest BCUT2D eigenvalue weighted by atomic mass is 16.5. The summed E-state index contributed by atoms with van der Waals surface area (Å²) in [6.07, 6.45) is 1.54. The second-order valence-electron chi connectivity index (χ2n) is 6.97. The Labute approximate surface area is 166 Å². The minimum Gasteiger partial charge on any atom is -0.478 e. The van der Waals surface area contributed by atoms with E-state index in [1.54, 1.807) is 18.2 Å². The topological polar surface area (TPSA) is 63.6 Å². The molecule has 0 spiro atoms. The first-order chi connectivity index (χ1) is 14.1. The molecule has 29 heavy (non-hydrogen) atoms. The number of esters is 1. The van der Waals surface area contributed by atoms with Crippen LogP contribution >= 0.6 is 0 Å². The number of carbonyl (C=O) groups is 2. The molecule has 5 rings (SSSR count). The minimum atomic E-state index is -0.946. The molecule has 5 aromatic carbocycles. The number of benzene rings is 5. The average Bonchev–Trinajstić information content (AvgIpc) is 2.74. The monoisotopic (exact) mass is 380 g/mol. The van der Waals surface area contributed by atoms with Gasteiger partial charge < -0.3 is 9.84 Å². The number of carboxylic acid groups (broad SMARTS) is 1. The summed E-state index contributed by atoms with van der Waals surface area (Å²) < 4.78 is 5.26. The Bertz CT molecular complexity index is 1440. The minimum absolute atomic E-state index is 0.155. The largest absolute Gasteiger partial charge is 0.478 e. The van der Waals surface area contributed by atoms with Gasteiger partial charge in [-0.3, -0.25) is 0 Å². The van der Waals surface area contributed by atoms with Gasteiger partial charge in [0, 0.05) is 0 Å². The molecule has 0 saturated heterocycles. The van der Waals surface area contributed by atoms with Crippen LogP contribution in [0, 0.1) is 0 Å². The van der Waals surface area contributed by atoms with E-state index in [0.717, 1.165) is 37.7 Å². The van der Waals surface area contributed by atoms with Crippen molar-refractivity contribution in [3.05, 3.63) is 84.4 Å². The lowest BCUT2D eigenvalue weighted by Crippen LogP contribution is -2.06. The fourth-order valence-electron chi connectivity index (χ4n) is 4.29. The molecule has 0 bridgehead atoms. The van der Waals surface area contributed by atoms with Crippen molar-refractivity contribution < 1.29 is 19.4 Å². The van der Waals surface area contributed by atoms with Crippen molar-refractivity contribution in [3.63, 3.8) is 0 Å². The van der Waals surface area contributed by atoms with Crippen LogP contribution in [0.4, 0.5) is 0 Å². The van der Waals surface area contributed by atoms with Crippen molar-refractivity contribution in [1.29, 1.82) is 0 Å². The molecule has 0 heterocycles. The first-order valence-electron chi connectivity index (χ1n) is 9.25. The third-order valence-corrected chi connectivity index (χ3v) is 5.44. The normalized spacial score (nSPS) is 11.4. The van der Waals surface area contributed by atoms with Gasteiger partial charge in [0.25, 0.3) is 0 Å². The van der Waals surface area contributed by atoms with Crippen LogP contribution in [0.1, 0.15) is 20.7 Å². The van der Waals surface area contributed by atoms with Crippen LogP contribution in [-0.2, 0) is 4.74 Å². The number of hydrogen-bond acceptors (Lipinski definition) is 3. The highest BCUT2D eigenvalue weighted by Crippen LogP contribution is 2.41. The van der Waals surface area contributed by atoms with Gasteiger partial charge in [0.2, 0.25) is 0 Å². The summed E-state index contributed by atoms with van der Waals surface area (Å²) in [7, 11) is 0. The number of carboxylic acids is 1. The van der Waals surface area contributed by atoms with E-state index in [2.05, 4.69) is 6.58 Å². The summed E-state index contributed by atoms with van der Waals surface area (Å²) in [6.45, 7) is 3.74. The zero-order valence-corrected chi connectivity index (χ0v) is 15.4. The standard InChI is InChI=1S/C25H16O4/c1-2-13-29-25(28)21-12-10-19-14-5-3-7-16-20(24(26)27)11-9-18(22(14)16)15-6-4-8-17(21)23(15)19/h2-12H,1,13H2,(H,26,27). The van der Waals surface area contributed by atoms with Crippen LogP contribution in [0.5, 0.6) is 0 Å². The third-order valence-electron chi connectivity index (χ3n) is 5.44. The molecule has 0 aromatic heterocycles. The van der Waals surface area contributed by atoms with Crippen LogP contribution in [0.15, 0.2) is 73.3 Å². The molecule has 0 aliphatic carbocycles. The van der Waals surface area contributed by atoms with E-state index in [0.29, 0.717) is 10.9 Å². The maximum Gasteiger partial charge on any atom is 0.339 e. The van der Waals surface area contributed by atoms with Gasteiger partial charge >= 0.3 is 11.9 Å². The smallest absolute Gasteiger partial charge is 0.339 e. The van der Waals surface area contributed by atoms with Crippen LogP contribution in [-0.4, -0.2) is 23.7 Å². The lowest BCUT2D eigenvalue weighted by molar-refractivity contribution is 0.0551. The average molecular weight is 380 g/mol. The predicted molar refractivity (Wildman–Crippen MR) is 115 cm³/mol. The molecule has 1 N–H and O–H groups in total. The highest BCUT2D eigenvalue weighted by molar-refractivity contribution is 6.35. The summed E-state index contributed by atoms with van der Waals surface area (Å²) in [5.74, 6) is -1.34. The Morgan fingerprint density at radius 1 is 0.759 bits per heavy atom. The molecule has 0 aliphatic heterocycles. The summed E-state index contributed by atoms with van der Waals surface area (Å²) in [5.41, 5.74) is 0.788. The highest BCUT2D eigenvalue weighted by Gasteiger charge is 2.19. The molecule has 0 saturated carbocycles. The van der Waals surface area contributed by atoms with E-state index in [1.165, 1.54) is 0 Å². The number of carbonyl (C=O) groups excluding carboxylic acids is 1. The maximum absolute atomic E-state index is 12.6. The molecule has 0 atom stereocenters. The summed E-state index contributed by atoms with van der Waals surface area (Å²) in [5, 5.41) is 16.9. The van der Waals surface area contributed by atoms with E-state index >= 15 is 0 Å². The molecule has 0 fully saturated rings. The molecule has 4 nitrogen and oxygen atoms in total. The van der Waals surface area contributed by atoms with Crippen LogP contribution < -0.4 is 0 Å². The second-order valence-corrected chi connectivity index (χ2v) is 6.97. The second kappa shape index (κ2) is 6.31. The Morgan fingerprint density at radius 2 is 1.24 bits per heavy atom. The molecule has 0 unspecified atom stereocenters. The van der Waals surface area contributed by atoms with Crippen LogP contribution in [0.2, 0.25) is 0 Å². The van der Waals surface area contributed by atoms with E-state index in [4.69, 9.17) is 4.74 Å². The van der Waals surface area contributed by atoms with Crippen molar-refractivity contribution in [2.24, 2.45) is 0 Å². The molecular weight excluding hydrogens is 364 g/mol. The zero-order valence-electron chi connectivity index (χ0n) is 15.4. The quantitative estimate of drug-likeness (QED) is 0.186. The predicted octanol–water partition coefficient (Wildman–Crippen LogP) is 5.78. The maximum atomic E-state index is 12.6. The van der Waals surface area contributed by atoms with E-state index in [-0.39, 0.29) is 18.1 Å². The Balaban J connectivity index is 1.96. The van der Waals surface area contributed by atoms with E-state index in [1.807, 2.05) is 48.5 Å². The summed E-state index contributed by atoms with van der Waals surface area (Å²) in [6, 6.07) is 18.8. The fourth-order valence-corrected chi connectivity index (χ4v) is 4.29. The van der Waals surface area contributed by atoms with Crippen LogP contribution in [0.25, 0.3) is 43.1 Å². The lowest BCUT2D eigenvalue weighted by Gasteiger charge is -2.16. The summed E-state index contributed by atoms with van der Waals surface area (Å²) in [4.78, 5) is 24.3. The van der Waals surface area contributed by atoms with Gasteiger partial charge in [-0.25, -0.2) is 9.59 Å². The van der Waals surface area contributed by atoms with Gasteiger partial charge in [-0.2, -0.15) is 0 Å². The number of hydrogen-bond donors (Lipinski definition) is 1. The van der Waals surface area contributed by atoms with Gasteiger partial charge in [0.15, 0.2) is 0 Å². The molecule has 140 valence electrons. The Morgan fingerprint density at radius 3 is 1.79 bits per heavy atom. The fraction of sp³-hybridized carbons (Fsp3) is 0.0400. The molecule has 5 aromatic rings. The molecule has 0 aliphatic rings. The number of rotatable bonds is 4. The van der Waals surface area contributed by atoms with Crippen molar-refractivity contribution in [2.75, 3.05) is 6.61 Å². The first-order valence-corrected chi connectivity index (χ1v) is 9.25. The number of aromatic carboxylic acids is 1. The SMILES string of the molecule is C=CCOC(=O)c1ccc2c3cccc4c(C(=O)O)ccc(c5cccc1c52)c43. The lowest BCUT2D eigenvalue weighted by atomic mass is 9.87. The molecule has 0 amide bonds. The van der Waals surface area contributed by atoms with Gasteiger partial charge in [-0.05, 0) is 55.2 Å². The molecule has 0 radical (unpaired) electrons. The Hall–Kier alpha value is -3.92. The third kappa shape index (κ3) is 2.39. The van der Waals surface area contributed by atoms with Crippen LogP contribution in [0.3, 0.4) is 0 Å². The zero-order chi connectivity index (χ0) is 20.1. The van der Waals surface area contributed by atoms with Crippen molar-refractivity contribution in [2.45, 2.75) is 0 Å². The number of fused-ring (bicyclic) bond motifs is 2. The van der Waals surface area contributed by atoms with Crippen molar-refractivity contribution >= 4 is 55.0 Å². The van der Waals surface area contributed by atoms with Crippen molar-refractivity contribution in [1.82, 2.24) is 0 Å². The first kappa shape index (κ1) is 17.2. The van der Waals surface area contributed by atoms with Gasteiger partial charge in [-0.15, -0.1) is 0 Å². The Kier molecular flexibility index (Phi) is 3.74. The van der Waals surface area contributed by atoms with Crippen molar-refractivity contribution in [3.8, 4) is 0 Å².